The number of fused-ring (bicyclic) bond motifs is 1. The summed E-state index contributed by atoms with van der Waals surface area (Å²) < 4.78 is 1.91. The summed E-state index contributed by atoms with van der Waals surface area (Å²) in [5.41, 5.74) is 1.44. The molecule has 0 saturated heterocycles. The van der Waals surface area contributed by atoms with E-state index in [0.29, 0.717) is 22.8 Å². The first-order valence-corrected chi connectivity index (χ1v) is 10.7. The van der Waals surface area contributed by atoms with E-state index in [1.54, 1.807) is 24.0 Å². The van der Waals surface area contributed by atoms with Gasteiger partial charge in [0.1, 0.15) is 0 Å². The first-order chi connectivity index (χ1) is 13.8. The van der Waals surface area contributed by atoms with Crippen LogP contribution in [0.15, 0.2) is 40.9 Å². The number of rotatable bonds is 7. The molecular weight excluding hydrogens is 456 g/mol. The molecular formula is C20H21BrN4O3S. The standard InChI is InChI=1S/C20H21BrN4O3S/c1-13-15(6-4-7-17(13)25(27)28)19(26)24(11-5-10-23(2)3)20-22-16-9-8-14(21)12-18(16)29-20/h4,6-9,12H,5,10-11H2,1-3H3. The number of halogens is 1. The van der Waals surface area contributed by atoms with E-state index in [0.717, 1.165) is 27.7 Å². The molecule has 9 heteroatoms. The number of aromatic nitrogens is 1. The number of carbonyl (C=O) groups is 1. The highest BCUT2D eigenvalue weighted by atomic mass is 79.9. The Morgan fingerprint density at radius 3 is 2.69 bits per heavy atom. The van der Waals surface area contributed by atoms with Crippen LogP contribution in [0.25, 0.3) is 10.2 Å². The summed E-state index contributed by atoms with van der Waals surface area (Å²) in [7, 11) is 3.96. The largest absolute Gasteiger partial charge is 0.309 e. The highest BCUT2D eigenvalue weighted by Gasteiger charge is 2.25. The van der Waals surface area contributed by atoms with Crippen molar-refractivity contribution in [3.63, 3.8) is 0 Å². The Bertz CT molecular complexity index is 1070. The average molecular weight is 477 g/mol. The van der Waals surface area contributed by atoms with Crippen molar-refractivity contribution in [3.05, 3.63) is 62.1 Å². The Morgan fingerprint density at radius 1 is 1.24 bits per heavy atom. The van der Waals surface area contributed by atoms with Crippen LogP contribution >= 0.6 is 27.3 Å². The number of nitro benzene ring substituents is 1. The van der Waals surface area contributed by atoms with Gasteiger partial charge in [-0.25, -0.2) is 4.98 Å². The predicted octanol–water partition coefficient (Wildman–Crippen LogP) is 4.87. The van der Waals surface area contributed by atoms with E-state index in [-0.39, 0.29) is 11.6 Å². The Kier molecular flexibility index (Phi) is 6.61. The van der Waals surface area contributed by atoms with Crippen molar-refractivity contribution in [2.24, 2.45) is 0 Å². The average Bonchev–Trinajstić information content (AvgIpc) is 3.07. The topological polar surface area (TPSA) is 79.6 Å². The van der Waals surface area contributed by atoms with Crippen molar-refractivity contribution in [2.75, 3.05) is 32.1 Å². The van der Waals surface area contributed by atoms with Crippen LogP contribution < -0.4 is 4.90 Å². The van der Waals surface area contributed by atoms with E-state index in [4.69, 9.17) is 0 Å². The third-order valence-corrected chi connectivity index (χ3v) is 6.07. The van der Waals surface area contributed by atoms with Gasteiger partial charge in [0, 0.05) is 28.2 Å². The molecule has 0 radical (unpaired) electrons. The molecule has 1 aromatic heterocycles. The lowest BCUT2D eigenvalue weighted by Crippen LogP contribution is -2.34. The molecule has 3 rings (SSSR count). The Hall–Kier alpha value is -2.36. The van der Waals surface area contributed by atoms with Crippen LogP contribution in [0.2, 0.25) is 0 Å². The van der Waals surface area contributed by atoms with Crippen molar-refractivity contribution in [2.45, 2.75) is 13.3 Å². The minimum Gasteiger partial charge on any atom is -0.309 e. The molecule has 0 unspecified atom stereocenters. The molecule has 1 heterocycles. The molecule has 0 saturated carbocycles. The number of amides is 1. The number of hydrogen-bond acceptors (Lipinski definition) is 6. The molecule has 3 aromatic rings. The van der Waals surface area contributed by atoms with E-state index in [2.05, 4.69) is 25.8 Å². The van der Waals surface area contributed by atoms with Gasteiger partial charge in [-0.05, 0) is 58.3 Å². The summed E-state index contributed by atoms with van der Waals surface area (Å²) in [4.78, 5) is 32.6. The summed E-state index contributed by atoms with van der Waals surface area (Å²) in [5, 5.41) is 11.9. The molecule has 29 heavy (non-hydrogen) atoms. The van der Waals surface area contributed by atoms with Crippen LogP contribution in [-0.2, 0) is 0 Å². The third kappa shape index (κ3) is 4.80. The fourth-order valence-corrected chi connectivity index (χ4v) is 4.57. The second-order valence-electron chi connectivity index (χ2n) is 6.93. The van der Waals surface area contributed by atoms with Gasteiger partial charge in [-0.1, -0.05) is 33.3 Å². The number of benzene rings is 2. The van der Waals surface area contributed by atoms with E-state index < -0.39 is 4.92 Å². The predicted molar refractivity (Wildman–Crippen MR) is 120 cm³/mol. The van der Waals surface area contributed by atoms with E-state index in [1.807, 2.05) is 32.3 Å². The molecule has 0 aliphatic rings. The monoisotopic (exact) mass is 476 g/mol. The molecule has 0 spiro atoms. The van der Waals surface area contributed by atoms with Crippen molar-refractivity contribution in [1.29, 1.82) is 0 Å². The van der Waals surface area contributed by atoms with Gasteiger partial charge in [0.25, 0.3) is 11.6 Å². The highest BCUT2D eigenvalue weighted by Crippen LogP contribution is 2.32. The first-order valence-electron chi connectivity index (χ1n) is 9.04. The quantitative estimate of drug-likeness (QED) is 0.358. The molecule has 0 atom stereocenters. The lowest BCUT2D eigenvalue weighted by molar-refractivity contribution is -0.385. The zero-order chi connectivity index (χ0) is 21.1. The van der Waals surface area contributed by atoms with Crippen LogP contribution in [0.5, 0.6) is 0 Å². The molecule has 0 aliphatic heterocycles. The number of nitro groups is 1. The summed E-state index contributed by atoms with van der Waals surface area (Å²) in [6, 6.07) is 10.4. The molecule has 1 amide bonds. The van der Waals surface area contributed by atoms with Crippen LogP contribution in [-0.4, -0.2) is 47.9 Å². The molecule has 152 valence electrons. The van der Waals surface area contributed by atoms with Crippen LogP contribution in [0.1, 0.15) is 22.3 Å². The Labute approximate surface area is 181 Å². The lowest BCUT2D eigenvalue weighted by Gasteiger charge is -2.21. The van der Waals surface area contributed by atoms with Gasteiger partial charge in [0.2, 0.25) is 0 Å². The zero-order valence-electron chi connectivity index (χ0n) is 16.4. The number of thiazole rings is 1. The minimum absolute atomic E-state index is 0.0580. The zero-order valence-corrected chi connectivity index (χ0v) is 18.8. The van der Waals surface area contributed by atoms with Crippen LogP contribution in [0.3, 0.4) is 0 Å². The van der Waals surface area contributed by atoms with Gasteiger partial charge in [0.05, 0.1) is 15.1 Å². The van der Waals surface area contributed by atoms with Crippen molar-refractivity contribution in [3.8, 4) is 0 Å². The smallest absolute Gasteiger partial charge is 0.273 e. The van der Waals surface area contributed by atoms with Crippen molar-refractivity contribution < 1.29 is 9.72 Å². The second-order valence-corrected chi connectivity index (χ2v) is 8.85. The normalized spacial score (nSPS) is 11.2. The fraction of sp³-hybridized carbons (Fsp3) is 0.300. The number of hydrogen-bond donors (Lipinski definition) is 0. The Balaban J connectivity index is 2.01. The second kappa shape index (κ2) is 8.98. The Morgan fingerprint density at radius 2 is 2.00 bits per heavy atom. The fourth-order valence-electron chi connectivity index (χ4n) is 3.03. The molecule has 0 aliphatic carbocycles. The van der Waals surface area contributed by atoms with Gasteiger partial charge in [0.15, 0.2) is 5.13 Å². The van der Waals surface area contributed by atoms with Gasteiger partial charge in [-0.3, -0.25) is 19.8 Å². The van der Waals surface area contributed by atoms with E-state index in [9.17, 15) is 14.9 Å². The number of anilines is 1. The van der Waals surface area contributed by atoms with E-state index in [1.165, 1.54) is 17.4 Å². The molecule has 0 fully saturated rings. The highest BCUT2D eigenvalue weighted by molar-refractivity contribution is 9.10. The lowest BCUT2D eigenvalue weighted by atomic mass is 10.1. The van der Waals surface area contributed by atoms with Crippen LogP contribution in [0.4, 0.5) is 10.8 Å². The molecule has 0 bridgehead atoms. The molecule has 0 N–H and O–H groups in total. The third-order valence-electron chi connectivity index (χ3n) is 4.53. The van der Waals surface area contributed by atoms with Crippen molar-refractivity contribution in [1.82, 2.24) is 9.88 Å². The summed E-state index contributed by atoms with van der Waals surface area (Å²) in [5.74, 6) is -0.275. The van der Waals surface area contributed by atoms with Crippen LogP contribution in [0, 0.1) is 17.0 Å². The summed E-state index contributed by atoms with van der Waals surface area (Å²) >= 11 is 4.90. The number of nitrogens with zero attached hydrogens (tertiary/aromatic N) is 4. The molecule has 7 nitrogen and oxygen atoms in total. The SMILES string of the molecule is Cc1c(C(=O)N(CCCN(C)C)c2nc3ccc(Br)cc3s2)cccc1[N+](=O)[O-]. The van der Waals surface area contributed by atoms with Gasteiger partial charge < -0.3 is 4.90 Å². The summed E-state index contributed by atoms with van der Waals surface area (Å²) in [6.45, 7) is 2.90. The summed E-state index contributed by atoms with van der Waals surface area (Å²) in [6.07, 6.45) is 0.756. The maximum Gasteiger partial charge on any atom is 0.273 e. The maximum absolute atomic E-state index is 13.4. The van der Waals surface area contributed by atoms with Gasteiger partial charge in [-0.2, -0.15) is 0 Å². The molecule has 2 aromatic carbocycles. The minimum atomic E-state index is -0.461. The first kappa shape index (κ1) is 21.4. The maximum atomic E-state index is 13.4. The van der Waals surface area contributed by atoms with Gasteiger partial charge in [-0.15, -0.1) is 0 Å². The van der Waals surface area contributed by atoms with E-state index >= 15 is 0 Å². The number of carbonyl (C=O) groups excluding carboxylic acids is 1. The van der Waals surface area contributed by atoms with Gasteiger partial charge >= 0.3 is 0 Å². The van der Waals surface area contributed by atoms with Crippen molar-refractivity contribution >= 4 is 54.2 Å².